The third-order valence-corrected chi connectivity index (χ3v) is 11.6. The number of hydrogen-bond donors (Lipinski definition) is 2. The number of rotatable bonds is 15. The number of ether oxygens (including phenoxy) is 1. The molecule has 0 radical (unpaired) electrons. The molecule has 3 aromatic carbocycles. The highest BCUT2D eigenvalue weighted by Crippen LogP contribution is 2.34. The second-order valence-corrected chi connectivity index (χ2v) is 19.4. The molecule has 324 valence electrons. The van der Waals surface area contributed by atoms with Crippen molar-refractivity contribution in [3.8, 4) is 28.0 Å². The van der Waals surface area contributed by atoms with E-state index in [1.807, 2.05) is 75.6 Å². The molecule has 0 aliphatic rings. The van der Waals surface area contributed by atoms with Gasteiger partial charge in [-0.2, -0.15) is 0 Å². The summed E-state index contributed by atoms with van der Waals surface area (Å²) in [5.41, 5.74) is 14.6. The van der Waals surface area contributed by atoms with Gasteiger partial charge in [-0.05, 0) is 100 Å². The SMILES string of the molecule is Cc1noc(C)c1-c1ccc(NCCCS(C)(=O)=O)c(N)c1.Cc1noc(C)c1-c1ccc2c(c1)nc(C(C)Cc1ccc(OC(F)(F)F)c(F)c1)n2CCCS(C)(=O)=O. The highest BCUT2D eigenvalue weighted by atomic mass is 32.2. The summed E-state index contributed by atoms with van der Waals surface area (Å²) in [5, 5.41) is 11.1. The van der Waals surface area contributed by atoms with Gasteiger partial charge in [-0.1, -0.05) is 35.4 Å². The average Bonchev–Trinajstić information content (AvgIpc) is 3.79. The Morgan fingerprint density at radius 3 is 1.95 bits per heavy atom. The smallest absolute Gasteiger partial charge is 0.403 e. The van der Waals surface area contributed by atoms with Crippen molar-refractivity contribution in [2.75, 3.05) is 41.6 Å². The molecule has 6 rings (SSSR count). The van der Waals surface area contributed by atoms with E-state index in [1.54, 1.807) is 0 Å². The van der Waals surface area contributed by atoms with E-state index in [1.165, 1.54) is 18.6 Å². The number of nitrogen functional groups attached to an aromatic ring is 1. The van der Waals surface area contributed by atoms with E-state index >= 15 is 0 Å². The van der Waals surface area contributed by atoms with Gasteiger partial charge in [-0.15, -0.1) is 13.2 Å². The fraction of sp³-hybridized carbons (Fsp3) is 0.390. The second-order valence-electron chi connectivity index (χ2n) is 14.8. The van der Waals surface area contributed by atoms with E-state index in [-0.39, 0.29) is 23.8 Å². The minimum Gasteiger partial charge on any atom is -0.403 e. The largest absolute Gasteiger partial charge is 0.573 e. The summed E-state index contributed by atoms with van der Waals surface area (Å²) >= 11 is 0. The quantitative estimate of drug-likeness (QED) is 0.0570. The topological polar surface area (TPSA) is 185 Å². The third kappa shape index (κ3) is 12.1. The van der Waals surface area contributed by atoms with Crippen LogP contribution in [0.5, 0.6) is 5.75 Å². The average molecular weight is 877 g/mol. The predicted molar refractivity (Wildman–Crippen MR) is 223 cm³/mol. The molecule has 3 N–H and O–H groups in total. The fourth-order valence-corrected chi connectivity index (χ4v) is 8.27. The van der Waals surface area contributed by atoms with Gasteiger partial charge in [0.2, 0.25) is 0 Å². The van der Waals surface area contributed by atoms with E-state index in [9.17, 15) is 34.4 Å². The summed E-state index contributed by atoms with van der Waals surface area (Å²) < 4.78 is 113. The predicted octanol–water partition coefficient (Wildman–Crippen LogP) is 8.51. The van der Waals surface area contributed by atoms with Crippen LogP contribution in [0, 0.1) is 33.5 Å². The van der Waals surface area contributed by atoms with Crippen molar-refractivity contribution in [3.05, 3.63) is 94.7 Å². The zero-order chi connectivity index (χ0) is 44.2. The number of sulfone groups is 2. The first-order valence-electron chi connectivity index (χ1n) is 18.9. The van der Waals surface area contributed by atoms with E-state index in [4.69, 9.17) is 19.8 Å². The van der Waals surface area contributed by atoms with Crippen molar-refractivity contribution < 1.29 is 48.2 Å². The van der Waals surface area contributed by atoms with Gasteiger partial charge in [-0.25, -0.2) is 26.2 Å². The Bertz CT molecular complexity index is 2650. The van der Waals surface area contributed by atoms with Crippen LogP contribution >= 0.6 is 0 Å². The number of nitrogens with one attached hydrogen (secondary N) is 1. The molecule has 19 heteroatoms. The molecule has 0 saturated carbocycles. The van der Waals surface area contributed by atoms with Crippen molar-refractivity contribution in [2.45, 2.75) is 72.7 Å². The Morgan fingerprint density at radius 1 is 0.833 bits per heavy atom. The highest BCUT2D eigenvalue weighted by Gasteiger charge is 2.32. The first-order valence-corrected chi connectivity index (χ1v) is 23.0. The Hall–Kier alpha value is -5.43. The van der Waals surface area contributed by atoms with Crippen LogP contribution in [0.4, 0.5) is 28.9 Å². The first-order chi connectivity index (χ1) is 28.0. The summed E-state index contributed by atoms with van der Waals surface area (Å²) in [6, 6.07) is 14.8. The monoisotopic (exact) mass is 876 g/mol. The minimum atomic E-state index is -4.99. The molecule has 0 aliphatic carbocycles. The highest BCUT2D eigenvalue weighted by molar-refractivity contribution is 7.90. The normalized spacial score (nSPS) is 12.7. The molecule has 0 aliphatic heterocycles. The van der Waals surface area contributed by atoms with E-state index < -0.39 is 37.6 Å². The van der Waals surface area contributed by atoms with Crippen LogP contribution in [0.25, 0.3) is 33.3 Å². The number of halogens is 4. The van der Waals surface area contributed by atoms with Crippen molar-refractivity contribution in [1.29, 1.82) is 0 Å². The maximum absolute atomic E-state index is 14.3. The number of benzene rings is 3. The maximum atomic E-state index is 14.3. The van der Waals surface area contributed by atoms with Gasteiger partial charge in [0, 0.05) is 42.6 Å². The van der Waals surface area contributed by atoms with E-state index in [2.05, 4.69) is 20.4 Å². The van der Waals surface area contributed by atoms with Crippen molar-refractivity contribution in [1.82, 2.24) is 19.9 Å². The second kappa shape index (κ2) is 18.5. The molecule has 0 bridgehead atoms. The lowest BCUT2D eigenvalue weighted by Crippen LogP contribution is -2.18. The Labute approximate surface area is 346 Å². The minimum absolute atomic E-state index is 0.00351. The van der Waals surface area contributed by atoms with Crippen LogP contribution in [0.3, 0.4) is 0 Å². The van der Waals surface area contributed by atoms with Crippen molar-refractivity contribution >= 4 is 42.1 Å². The maximum Gasteiger partial charge on any atom is 0.573 e. The molecule has 3 aromatic heterocycles. The number of imidazole rings is 1. The van der Waals surface area contributed by atoms with Gasteiger partial charge in [-0.3, -0.25) is 0 Å². The van der Waals surface area contributed by atoms with Crippen molar-refractivity contribution in [2.24, 2.45) is 0 Å². The molecule has 0 spiro atoms. The molecule has 60 heavy (non-hydrogen) atoms. The lowest BCUT2D eigenvalue weighted by Gasteiger charge is -2.16. The molecular weight excluding hydrogens is 829 g/mol. The molecule has 6 aromatic rings. The van der Waals surface area contributed by atoms with Crippen LogP contribution in [0.1, 0.15) is 60.0 Å². The summed E-state index contributed by atoms with van der Waals surface area (Å²) in [7, 11) is -6.09. The number of fused-ring (bicyclic) bond motifs is 1. The number of aryl methyl sites for hydroxylation is 5. The number of hydrogen-bond acceptors (Lipinski definition) is 12. The molecule has 0 saturated heterocycles. The van der Waals surface area contributed by atoms with Crippen LogP contribution in [-0.4, -0.2) is 73.6 Å². The van der Waals surface area contributed by atoms with Gasteiger partial charge in [0.15, 0.2) is 11.6 Å². The molecule has 1 atom stereocenters. The lowest BCUT2D eigenvalue weighted by atomic mass is 10.00. The third-order valence-electron chi connectivity index (χ3n) is 9.58. The van der Waals surface area contributed by atoms with Gasteiger partial charge < -0.3 is 29.4 Å². The Morgan fingerprint density at radius 2 is 1.42 bits per heavy atom. The number of alkyl halides is 3. The number of anilines is 2. The van der Waals surface area contributed by atoms with Gasteiger partial charge in [0.05, 0.1) is 45.3 Å². The first kappa shape index (κ1) is 45.7. The van der Waals surface area contributed by atoms with Gasteiger partial charge >= 0.3 is 6.36 Å². The molecular formula is C41H48F4N6O7S2. The lowest BCUT2D eigenvalue weighted by molar-refractivity contribution is -0.275. The molecule has 13 nitrogen and oxygen atoms in total. The van der Waals surface area contributed by atoms with Crippen LogP contribution in [0.15, 0.2) is 63.6 Å². The number of nitrogens with zero attached hydrogens (tertiary/aromatic N) is 4. The van der Waals surface area contributed by atoms with Gasteiger partial charge in [0.1, 0.15) is 37.0 Å². The summed E-state index contributed by atoms with van der Waals surface area (Å²) in [6.45, 7) is 10.2. The van der Waals surface area contributed by atoms with Crippen LogP contribution in [0.2, 0.25) is 0 Å². The molecule has 0 amide bonds. The zero-order valence-corrected chi connectivity index (χ0v) is 35.9. The fourth-order valence-electron chi connectivity index (χ4n) is 6.95. The standard InChI is InChI=1S/C26H27F4N3O4S.C15H21N3O3S/c1-15(12-18-6-9-23(20(27)13-18)36-26(28,29)30)25-31-21-14-19(24-16(2)32-37-17(24)3)7-8-22(21)33(25)10-5-11-38(4,34)35;1-10-15(11(2)21-18-10)12-5-6-14(13(16)9-12)17-7-4-8-22(3,19)20/h6-9,13-15H,5,10-12H2,1-4H3;5-6,9,17H,4,7-8,16H2,1-3H3. The number of aromatic nitrogens is 4. The summed E-state index contributed by atoms with van der Waals surface area (Å²) in [5.74, 6) is -0.0293. The molecule has 1 unspecified atom stereocenters. The Kier molecular flexibility index (Phi) is 14.0. The molecule has 3 heterocycles. The van der Waals surface area contributed by atoms with Crippen molar-refractivity contribution in [3.63, 3.8) is 0 Å². The molecule has 0 fully saturated rings. The summed E-state index contributed by atoms with van der Waals surface area (Å²) in [4.78, 5) is 4.84. The van der Waals surface area contributed by atoms with Crippen LogP contribution < -0.4 is 15.8 Å². The van der Waals surface area contributed by atoms with E-state index in [0.29, 0.717) is 54.3 Å². The van der Waals surface area contributed by atoms with Gasteiger partial charge in [0.25, 0.3) is 0 Å². The zero-order valence-electron chi connectivity index (χ0n) is 34.3. The number of nitrogens with two attached hydrogens (primary N) is 1. The Balaban J connectivity index is 0.000000263. The van der Waals surface area contributed by atoms with E-state index in [0.717, 1.165) is 62.7 Å². The summed E-state index contributed by atoms with van der Waals surface area (Å²) in [6.07, 6.45) is -1.37. The van der Waals surface area contributed by atoms with Crippen LogP contribution in [-0.2, 0) is 32.6 Å².